The molecular formula is C13H21NO3. The third-order valence-electron chi connectivity index (χ3n) is 2.36. The molecule has 1 aromatic carbocycles. The molecule has 0 bridgehead atoms. The average Bonchev–Trinajstić information content (AvgIpc) is 2.32. The second kappa shape index (κ2) is 7.92. The maximum absolute atomic E-state index is 9.30. The van der Waals surface area contributed by atoms with Crippen molar-refractivity contribution in [2.75, 3.05) is 19.8 Å². The van der Waals surface area contributed by atoms with E-state index in [4.69, 9.17) is 9.84 Å². The van der Waals surface area contributed by atoms with Crippen molar-refractivity contribution in [1.29, 1.82) is 0 Å². The molecule has 0 unspecified atom stereocenters. The number of nitrogens with one attached hydrogen (secondary N) is 1. The predicted molar refractivity (Wildman–Crippen MR) is 67.2 cm³/mol. The lowest BCUT2D eigenvalue weighted by Crippen LogP contribution is -2.16. The zero-order valence-corrected chi connectivity index (χ0v) is 10.3. The van der Waals surface area contributed by atoms with Gasteiger partial charge in [-0.1, -0.05) is 13.0 Å². The Morgan fingerprint density at radius 2 is 2.00 bits per heavy atom. The second-order valence-corrected chi connectivity index (χ2v) is 3.97. The third kappa shape index (κ3) is 5.56. The van der Waals surface area contributed by atoms with Crippen molar-refractivity contribution < 1.29 is 14.9 Å². The summed E-state index contributed by atoms with van der Waals surface area (Å²) in [4.78, 5) is 0. The third-order valence-corrected chi connectivity index (χ3v) is 2.36. The van der Waals surface area contributed by atoms with Gasteiger partial charge in [0.05, 0.1) is 0 Å². The van der Waals surface area contributed by atoms with Crippen molar-refractivity contribution in [2.24, 2.45) is 0 Å². The molecule has 0 saturated heterocycles. The van der Waals surface area contributed by atoms with Crippen LogP contribution in [0.5, 0.6) is 11.5 Å². The van der Waals surface area contributed by atoms with Crippen molar-refractivity contribution in [3.05, 3.63) is 23.8 Å². The first-order valence-electron chi connectivity index (χ1n) is 6.03. The Hall–Kier alpha value is -1.26. The van der Waals surface area contributed by atoms with Crippen LogP contribution in [0.4, 0.5) is 0 Å². The van der Waals surface area contributed by atoms with E-state index in [2.05, 4.69) is 12.2 Å². The summed E-state index contributed by atoms with van der Waals surface area (Å²) in [7, 11) is 0. The molecule has 1 rings (SSSR count). The summed E-state index contributed by atoms with van der Waals surface area (Å²) < 4.78 is 5.36. The van der Waals surface area contributed by atoms with E-state index >= 15 is 0 Å². The SMILES string of the molecule is CCCOCCCNCc1ccc(O)c(O)c1. The van der Waals surface area contributed by atoms with Crippen LogP contribution in [0.15, 0.2) is 18.2 Å². The van der Waals surface area contributed by atoms with Crippen LogP contribution in [-0.2, 0) is 11.3 Å². The smallest absolute Gasteiger partial charge is 0.157 e. The Kier molecular flexibility index (Phi) is 6.43. The Bertz CT molecular complexity index is 328. The van der Waals surface area contributed by atoms with Crippen LogP contribution in [0.2, 0.25) is 0 Å². The van der Waals surface area contributed by atoms with E-state index in [0.29, 0.717) is 6.54 Å². The van der Waals surface area contributed by atoms with E-state index in [9.17, 15) is 5.11 Å². The lowest BCUT2D eigenvalue weighted by Gasteiger charge is -2.06. The van der Waals surface area contributed by atoms with E-state index in [-0.39, 0.29) is 11.5 Å². The molecule has 0 aliphatic carbocycles. The fourth-order valence-corrected chi connectivity index (χ4v) is 1.46. The highest BCUT2D eigenvalue weighted by Gasteiger charge is 1.99. The van der Waals surface area contributed by atoms with Crippen LogP contribution < -0.4 is 5.32 Å². The molecular weight excluding hydrogens is 218 g/mol. The molecule has 0 atom stereocenters. The van der Waals surface area contributed by atoms with Crippen LogP contribution in [0.25, 0.3) is 0 Å². The molecule has 0 heterocycles. The standard InChI is InChI=1S/C13H21NO3/c1-2-7-17-8-3-6-14-10-11-4-5-12(15)13(16)9-11/h4-5,9,14-16H,2-3,6-8,10H2,1H3. The lowest BCUT2D eigenvalue weighted by atomic mass is 10.2. The van der Waals surface area contributed by atoms with Crippen LogP contribution in [-0.4, -0.2) is 30.0 Å². The van der Waals surface area contributed by atoms with Gasteiger partial charge in [0.2, 0.25) is 0 Å². The van der Waals surface area contributed by atoms with Gasteiger partial charge in [-0.25, -0.2) is 0 Å². The van der Waals surface area contributed by atoms with E-state index in [0.717, 1.165) is 38.2 Å². The lowest BCUT2D eigenvalue weighted by molar-refractivity contribution is 0.132. The van der Waals surface area contributed by atoms with Gasteiger partial charge in [-0.2, -0.15) is 0 Å². The molecule has 0 fully saturated rings. The molecule has 0 aromatic heterocycles. The van der Waals surface area contributed by atoms with Crippen molar-refractivity contribution in [2.45, 2.75) is 26.3 Å². The molecule has 96 valence electrons. The van der Waals surface area contributed by atoms with Gasteiger partial charge < -0.3 is 20.3 Å². The molecule has 0 saturated carbocycles. The summed E-state index contributed by atoms with van der Waals surface area (Å²) in [5.74, 6) is -0.155. The quantitative estimate of drug-likeness (QED) is 0.479. The zero-order valence-electron chi connectivity index (χ0n) is 10.3. The summed E-state index contributed by atoms with van der Waals surface area (Å²) in [6, 6.07) is 4.85. The Morgan fingerprint density at radius 1 is 1.18 bits per heavy atom. The minimum absolute atomic E-state index is 0.0735. The van der Waals surface area contributed by atoms with E-state index in [1.165, 1.54) is 6.07 Å². The largest absolute Gasteiger partial charge is 0.504 e. The van der Waals surface area contributed by atoms with Gasteiger partial charge in [0.15, 0.2) is 11.5 Å². The monoisotopic (exact) mass is 239 g/mol. The summed E-state index contributed by atoms with van der Waals surface area (Å²) in [5.41, 5.74) is 0.953. The molecule has 0 aliphatic heterocycles. The van der Waals surface area contributed by atoms with Gasteiger partial charge in [0, 0.05) is 19.8 Å². The number of hydrogen-bond acceptors (Lipinski definition) is 4. The minimum atomic E-state index is -0.0817. The molecule has 4 heteroatoms. The fourth-order valence-electron chi connectivity index (χ4n) is 1.46. The van der Waals surface area contributed by atoms with Gasteiger partial charge in [-0.15, -0.1) is 0 Å². The molecule has 17 heavy (non-hydrogen) atoms. The Morgan fingerprint density at radius 3 is 2.71 bits per heavy atom. The molecule has 0 spiro atoms. The van der Waals surface area contributed by atoms with E-state index in [1.807, 2.05) is 0 Å². The zero-order chi connectivity index (χ0) is 12.5. The second-order valence-electron chi connectivity index (χ2n) is 3.97. The summed E-state index contributed by atoms with van der Waals surface area (Å²) >= 11 is 0. The highest BCUT2D eigenvalue weighted by Crippen LogP contribution is 2.24. The molecule has 0 aliphatic rings. The number of benzene rings is 1. The first-order valence-corrected chi connectivity index (χ1v) is 6.03. The first kappa shape index (κ1) is 13.8. The van der Waals surface area contributed by atoms with Gasteiger partial charge in [-0.3, -0.25) is 0 Å². The van der Waals surface area contributed by atoms with Crippen LogP contribution in [0.3, 0.4) is 0 Å². The average molecular weight is 239 g/mol. The molecule has 0 radical (unpaired) electrons. The minimum Gasteiger partial charge on any atom is -0.504 e. The number of aromatic hydroxyl groups is 2. The first-order chi connectivity index (χ1) is 8.24. The van der Waals surface area contributed by atoms with Crippen molar-refractivity contribution in [3.63, 3.8) is 0 Å². The molecule has 3 N–H and O–H groups in total. The van der Waals surface area contributed by atoms with Gasteiger partial charge in [-0.05, 0) is 37.1 Å². The summed E-state index contributed by atoms with van der Waals surface area (Å²) in [6.45, 7) is 5.26. The van der Waals surface area contributed by atoms with Crippen molar-refractivity contribution in [3.8, 4) is 11.5 Å². The van der Waals surface area contributed by atoms with Crippen molar-refractivity contribution >= 4 is 0 Å². The van der Waals surface area contributed by atoms with Crippen LogP contribution >= 0.6 is 0 Å². The summed E-state index contributed by atoms with van der Waals surface area (Å²) in [6.07, 6.45) is 2.03. The number of hydrogen-bond donors (Lipinski definition) is 3. The summed E-state index contributed by atoms with van der Waals surface area (Å²) in [5, 5.41) is 21.7. The van der Waals surface area contributed by atoms with Gasteiger partial charge in [0.25, 0.3) is 0 Å². The van der Waals surface area contributed by atoms with Crippen LogP contribution in [0, 0.1) is 0 Å². The normalized spacial score (nSPS) is 10.6. The number of phenols is 2. The number of phenolic OH excluding ortho intramolecular Hbond substituents is 2. The van der Waals surface area contributed by atoms with Crippen LogP contribution in [0.1, 0.15) is 25.3 Å². The highest BCUT2D eigenvalue weighted by atomic mass is 16.5. The maximum atomic E-state index is 9.30. The van der Waals surface area contributed by atoms with Crippen molar-refractivity contribution in [1.82, 2.24) is 5.32 Å². The van der Waals surface area contributed by atoms with E-state index < -0.39 is 0 Å². The molecule has 0 amide bonds. The fraction of sp³-hybridized carbons (Fsp3) is 0.538. The topological polar surface area (TPSA) is 61.7 Å². The molecule has 1 aromatic rings. The Labute approximate surface area is 102 Å². The number of rotatable bonds is 8. The predicted octanol–water partition coefficient (Wildman–Crippen LogP) is 2.00. The van der Waals surface area contributed by atoms with E-state index in [1.54, 1.807) is 12.1 Å². The maximum Gasteiger partial charge on any atom is 0.157 e. The highest BCUT2D eigenvalue weighted by molar-refractivity contribution is 5.40. The van der Waals surface area contributed by atoms with Gasteiger partial charge >= 0.3 is 0 Å². The number of ether oxygens (including phenoxy) is 1. The molecule has 4 nitrogen and oxygen atoms in total. The van der Waals surface area contributed by atoms with Gasteiger partial charge in [0.1, 0.15) is 0 Å². The Balaban J connectivity index is 2.11.